The summed E-state index contributed by atoms with van der Waals surface area (Å²) in [7, 11) is 3.15. The number of Topliss-reactive ketones (excluding diaryl/α,β-unsaturated/α-hetero) is 1. The maximum absolute atomic E-state index is 12.6. The first-order chi connectivity index (χ1) is 13.1. The van der Waals surface area contributed by atoms with Crippen molar-refractivity contribution in [3.8, 4) is 0 Å². The van der Waals surface area contributed by atoms with E-state index in [-0.39, 0.29) is 32.0 Å². The fraction of sp³-hybridized carbons (Fsp3) is 0.550. The molecule has 0 aliphatic heterocycles. The van der Waals surface area contributed by atoms with Crippen LogP contribution in [0.3, 0.4) is 0 Å². The van der Waals surface area contributed by atoms with Gasteiger partial charge in [-0.1, -0.05) is 30.3 Å². The fourth-order valence-corrected chi connectivity index (χ4v) is 2.30. The monoisotopic (exact) mass is 393 g/mol. The molecule has 8 nitrogen and oxygen atoms in total. The Bertz CT molecular complexity index is 643. The van der Waals surface area contributed by atoms with E-state index in [9.17, 15) is 14.4 Å². The van der Waals surface area contributed by atoms with Gasteiger partial charge in [-0.25, -0.2) is 9.59 Å². The lowest BCUT2D eigenvalue weighted by Gasteiger charge is -2.29. The van der Waals surface area contributed by atoms with Crippen LogP contribution in [-0.4, -0.2) is 68.1 Å². The minimum Gasteiger partial charge on any atom is -0.458 e. The van der Waals surface area contributed by atoms with Gasteiger partial charge in [0.15, 0.2) is 5.78 Å². The maximum Gasteiger partial charge on any atom is 0.410 e. The minimum atomic E-state index is -0.926. The van der Waals surface area contributed by atoms with Crippen LogP contribution in [0.5, 0.6) is 0 Å². The molecule has 0 saturated carbocycles. The number of ether oxygens (including phenoxy) is 2. The van der Waals surface area contributed by atoms with Gasteiger partial charge in [0.2, 0.25) is 0 Å². The van der Waals surface area contributed by atoms with E-state index in [4.69, 9.17) is 9.47 Å². The third-order valence-electron chi connectivity index (χ3n) is 3.67. The van der Waals surface area contributed by atoms with Crippen LogP contribution in [-0.2, 0) is 25.7 Å². The molecular formula is C20H31N3O5. The molecule has 0 radical (unpaired) electrons. The summed E-state index contributed by atoms with van der Waals surface area (Å²) < 4.78 is 10.7. The molecule has 156 valence electrons. The molecule has 1 aromatic rings. The van der Waals surface area contributed by atoms with Crippen molar-refractivity contribution in [2.75, 3.05) is 33.7 Å². The highest BCUT2D eigenvalue weighted by Gasteiger charge is 2.32. The summed E-state index contributed by atoms with van der Waals surface area (Å²) in [6.07, 6.45) is -0.650. The van der Waals surface area contributed by atoms with Crippen molar-refractivity contribution < 1.29 is 23.9 Å². The molecule has 0 spiro atoms. The van der Waals surface area contributed by atoms with Crippen LogP contribution < -0.4 is 10.6 Å². The molecule has 0 fully saturated rings. The number of nitrogens with one attached hydrogen (secondary N) is 2. The summed E-state index contributed by atoms with van der Waals surface area (Å²) in [6, 6.07) is 8.33. The van der Waals surface area contributed by atoms with E-state index >= 15 is 0 Å². The number of amides is 1. The van der Waals surface area contributed by atoms with E-state index in [1.807, 2.05) is 30.3 Å². The Morgan fingerprint density at radius 3 is 2.32 bits per heavy atom. The van der Waals surface area contributed by atoms with Crippen molar-refractivity contribution in [1.82, 2.24) is 15.5 Å². The molecule has 2 N–H and O–H groups in total. The largest absolute Gasteiger partial charge is 0.458 e. The van der Waals surface area contributed by atoms with Crippen LogP contribution in [0.1, 0.15) is 26.3 Å². The summed E-state index contributed by atoms with van der Waals surface area (Å²) in [5.74, 6) is -0.625. The molecular weight excluding hydrogens is 362 g/mol. The quantitative estimate of drug-likeness (QED) is 0.579. The number of rotatable bonds is 10. The second-order valence-corrected chi connectivity index (χ2v) is 7.40. The average Bonchev–Trinajstić information content (AvgIpc) is 2.62. The number of ketones is 1. The molecule has 0 aromatic heterocycles. The number of carbonyl (C=O) groups excluding carboxylic acids is 3. The first-order valence-electron chi connectivity index (χ1n) is 9.17. The third-order valence-corrected chi connectivity index (χ3v) is 3.67. The molecule has 8 heteroatoms. The zero-order chi connectivity index (χ0) is 21.2. The maximum atomic E-state index is 12.6. The summed E-state index contributed by atoms with van der Waals surface area (Å²) >= 11 is 0. The zero-order valence-corrected chi connectivity index (χ0v) is 17.3. The van der Waals surface area contributed by atoms with Crippen molar-refractivity contribution in [2.45, 2.75) is 39.0 Å². The van der Waals surface area contributed by atoms with Gasteiger partial charge in [-0.2, -0.15) is 0 Å². The number of carbonyl (C=O) groups is 3. The number of benzene rings is 1. The molecule has 0 aliphatic rings. The number of hydrogen-bond donors (Lipinski definition) is 2. The highest BCUT2D eigenvalue weighted by Crippen LogP contribution is 2.12. The lowest BCUT2D eigenvalue weighted by molar-refractivity contribution is -0.160. The Kier molecular flexibility index (Phi) is 9.61. The van der Waals surface area contributed by atoms with E-state index in [0.29, 0.717) is 0 Å². The summed E-state index contributed by atoms with van der Waals surface area (Å²) in [5, 5.41) is 5.67. The standard InChI is InChI=1S/C20H31N3O5/c1-20(2,3)28-18(25)17(13-22-12-16(24)11-21-4)23(5)19(26)27-14-15-9-7-6-8-10-15/h6-10,17,21-22H,11-14H2,1-5H3. The number of likely N-dealkylation sites (N-methyl/N-ethyl adjacent to an activating group) is 2. The van der Waals surface area contributed by atoms with Gasteiger partial charge >= 0.3 is 12.1 Å². The highest BCUT2D eigenvalue weighted by molar-refractivity contribution is 5.83. The first kappa shape index (κ1) is 23.6. The van der Waals surface area contributed by atoms with Crippen LogP contribution in [0.4, 0.5) is 4.79 Å². The number of hydrogen-bond acceptors (Lipinski definition) is 7. The van der Waals surface area contributed by atoms with Gasteiger partial charge in [0.1, 0.15) is 18.2 Å². The molecule has 0 heterocycles. The lowest BCUT2D eigenvalue weighted by atomic mass is 10.2. The second kappa shape index (κ2) is 11.4. The molecule has 1 unspecified atom stereocenters. The summed E-state index contributed by atoms with van der Waals surface area (Å²) in [5.41, 5.74) is 0.139. The van der Waals surface area contributed by atoms with E-state index < -0.39 is 23.7 Å². The lowest BCUT2D eigenvalue weighted by Crippen LogP contribution is -2.51. The predicted octanol–water partition coefficient (Wildman–Crippen LogP) is 1.34. The molecule has 0 aliphatic carbocycles. The Balaban J connectivity index is 2.72. The molecule has 28 heavy (non-hydrogen) atoms. The highest BCUT2D eigenvalue weighted by atomic mass is 16.6. The van der Waals surface area contributed by atoms with Crippen LogP contribution in [0.2, 0.25) is 0 Å². The van der Waals surface area contributed by atoms with Crippen LogP contribution in [0.25, 0.3) is 0 Å². The van der Waals surface area contributed by atoms with Crippen LogP contribution in [0, 0.1) is 0 Å². The smallest absolute Gasteiger partial charge is 0.410 e. The second-order valence-electron chi connectivity index (χ2n) is 7.40. The number of esters is 1. The van der Waals surface area contributed by atoms with Crippen LogP contribution >= 0.6 is 0 Å². The topological polar surface area (TPSA) is 97.0 Å². The number of nitrogens with zero attached hydrogens (tertiary/aromatic N) is 1. The Morgan fingerprint density at radius 1 is 1.11 bits per heavy atom. The molecule has 1 aromatic carbocycles. The van der Waals surface area contributed by atoms with E-state index in [1.54, 1.807) is 27.8 Å². The molecule has 1 rings (SSSR count). The van der Waals surface area contributed by atoms with Crippen molar-refractivity contribution in [3.05, 3.63) is 35.9 Å². The molecule has 0 bridgehead atoms. The van der Waals surface area contributed by atoms with Gasteiger partial charge in [0.25, 0.3) is 0 Å². The fourth-order valence-electron chi connectivity index (χ4n) is 2.30. The van der Waals surface area contributed by atoms with Gasteiger partial charge in [-0.05, 0) is 33.4 Å². The van der Waals surface area contributed by atoms with Gasteiger partial charge in [0, 0.05) is 13.6 Å². The summed E-state index contributed by atoms with van der Waals surface area (Å²) in [4.78, 5) is 37.8. The van der Waals surface area contributed by atoms with E-state index in [2.05, 4.69) is 10.6 Å². The van der Waals surface area contributed by atoms with E-state index in [0.717, 1.165) is 5.56 Å². The molecule has 1 atom stereocenters. The Labute approximate surface area is 166 Å². The molecule has 1 amide bonds. The van der Waals surface area contributed by atoms with Crippen molar-refractivity contribution in [3.63, 3.8) is 0 Å². The van der Waals surface area contributed by atoms with Crippen LogP contribution in [0.15, 0.2) is 30.3 Å². The van der Waals surface area contributed by atoms with E-state index in [1.165, 1.54) is 11.9 Å². The van der Waals surface area contributed by atoms with Gasteiger partial charge in [-0.3, -0.25) is 9.69 Å². The average molecular weight is 393 g/mol. The van der Waals surface area contributed by atoms with Crippen molar-refractivity contribution in [2.24, 2.45) is 0 Å². The first-order valence-corrected chi connectivity index (χ1v) is 9.17. The Hall–Kier alpha value is -2.45. The SMILES string of the molecule is CNCC(=O)CNCC(C(=O)OC(C)(C)C)N(C)C(=O)OCc1ccccc1. The van der Waals surface area contributed by atoms with Crippen molar-refractivity contribution >= 4 is 17.8 Å². The zero-order valence-electron chi connectivity index (χ0n) is 17.3. The van der Waals surface area contributed by atoms with Crippen molar-refractivity contribution in [1.29, 1.82) is 0 Å². The Morgan fingerprint density at radius 2 is 1.75 bits per heavy atom. The predicted molar refractivity (Wildman–Crippen MR) is 106 cm³/mol. The summed E-state index contributed by atoms with van der Waals surface area (Å²) in [6.45, 7) is 5.71. The van der Waals surface area contributed by atoms with Gasteiger partial charge in [0.05, 0.1) is 13.1 Å². The minimum absolute atomic E-state index is 0.0558. The normalized spacial score (nSPS) is 12.2. The van der Waals surface area contributed by atoms with Gasteiger partial charge in [-0.15, -0.1) is 0 Å². The van der Waals surface area contributed by atoms with Gasteiger partial charge < -0.3 is 20.1 Å². The third kappa shape index (κ3) is 8.96. The molecule has 0 saturated heterocycles.